The number of fused-ring (bicyclic) bond motifs is 2. The van der Waals surface area contributed by atoms with E-state index in [0.717, 1.165) is 50.3 Å². The molecule has 0 radical (unpaired) electrons. The molecule has 0 saturated carbocycles. The molecular formula is C30H42N8O4S. The lowest BCUT2D eigenvalue weighted by Crippen LogP contribution is -2.49. The Labute approximate surface area is 256 Å². The molecule has 1 saturated heterocycles. The quantitative estimate of drug-likeness (QED) is 0.322. The third-order valence-electron chi connectivity index (χ3n) is 7.00. The Morgan fingerprint density at radius 1 is 1.16 bits per heavy atom. The number of hydrogen-bond donors (Lipinski definition) is 2. The van der Waals surface area contributed by atoms with Gasteiger partial charge in [-0.2, -0.15) is 5.10 Å². The number of likely N-dealkylation sites (tertiary alicyclic amines) is 1. The first-order chi connectivity index (χ1) is 20.3. The first kappa shape index (κ1) is 32.0. The van der Waals surface area contributed by atoms with E-state index in [-0.39, 0.29) is 18.0 Å². The molecule has 1 aromatic carbocycles. The van der Waals surface area contributed by atoms with Crippen molar-refractivity contribution >= 4 is 50.3 Å². The molecule has 0 aliphatic carbocycles. The molecule has 1 atom stereocenters. The summed E-state index contributed by atoms with van der Waals surface area (Å²) in [5.41, 5.74) is 8.02. The van der Waals surface area contributed by atoms with Crippen LogP contribution in [0.3, 0.4) is 0 Å². The minimum Gasteiger partial charge on any atom is -0.495 e. The number of methoxy groups -OCH3 is 1. The number of amides is 2. The second kappa shape index (κ2) is 13.1. The number of nitrogens with two attached hydrogens (primary N) is 1. The maximum atomic E-state index is 12.5. The fourth-order valence-corrected chi connectivity index (χ4v) is 6.01. The first-order valence-electron chi connectivity index (χ1n) is 14.2. The average molecular weight is 611 g/mol. The molecular weight excluding hydrogens is 568 g/mol. The number of thiophene rings is 1. The number of nitrogens with zero attached hydrogens (tertiary/aromatic N) is 6. The first-order valence-corrected chi connectivity index (χ1v) is 15.0. The van der Waals surface area contributed by atoms with Gasteiger partial charge < -0.3 is 25.0 Å². The molecule has 3 aromatic heterocycles. The van der Waals surface area contributed by atoms with Crippen molar-refractivity contribution in [2.45, 2.75) is 52.2 Å². The van der Waals surface area contributed by atoms with Crippen LogP contribution in [-0.4, -0.2) is 106 Å². The zero-order valence-electron chi connectivity index (χ0n) is 26.2. The molecule has 13 heteroatoms. The SMILES string of the molecule is CN(C)CCN(C)C(=O)C1CCCN1C(=O)OC(C)(C)C.COc1cc(C)cc2cc(-c3[nH]nc4ncnc(N)c34)sc12. The predicted octanol–water partition coefficient (Wildman–Crippen LogP) is 4.54. The van der Waals surface area contributed by atoms with Gasteiger partial charge in [-0.1, -0.05) is 6.07 Å². The van der Waals surface area contributed by atoms with Crippen LogP contribution in [0.5, 0.6) is 5.75 Å². The van der Waals surface area contributed by atoms with Crippen molar-refractivity contribution in [2.75, 3.05) is 53.6 Å². The third kappa shape index (κ3) is 7.52. The van der Waals surface area contributed by atoms with Crippen LogP contribution in [0.25, 0.3) is 31.7 Å². The summed E-state index contributed by atoms with van der Waals surface area (Å²) in [5.74, 6) is 1.30. The summed E-state index contributed by atoms with van der Waals surface area (Å²) in [4.78, 5) is 39.2. The van der Waals surface area contributed by atoms with Gasteiger partial charge >= 0.3 is 6.09 Å². The molecule has 0 bridgehead atoms. The van der Waals surface area contributed by atoms with Gasteiger partial charge in [-0.05, 0) is 77.7 Å². The maximum Gasteiger partial charge on any atom is 0.410 e. The molecule has 1 aliphatic rings. The van der Waals surface area contributed by atoms with Crippen LogP contribution < -0.4 is 10.5 Å². The summed E-state index contributed by atoms with van der Waals surface area (Å²) >= 11 is 1.63. The number of likely N-dealkylation sites (N-methyl/N-ethyl adjacent to an activating group) is 2. The standard InChI is InChI=1S/C15H13N5OS.C15H29N3O3/c1-7-3-8-5-10(22-13(8)9(4-7)21-2)12-11-14(16)17-6-18-15(11)20-19-12;1-15(2,3)21-14(20)18-9-7-8-12(18)13(19)17(6)11-10-16(4)5/h3-6H,1-2H3,(H3,16,17,18,19,20);12H,7-11H2,1-6H3. The Kier molecular flexibility index (Phi) is 9.75. The van der Waals surface area contributed by atoms with E-state index >= 15 is 0 Å². The highest BCUT2D eigenvalue weighted by Gasteiger charge is 2.37. The Hall–Kier alpha value is -3.97. The van der Waals surface area contributed by atoms with Crippen molar-refractivity contribution in [3.05, 3.63) is 30.1 Å². The van der Waals surface area contributed by atoms with E-state index in [2.05, 4.69) is 39.2 Å². The molecule has 5 rings (SSSR count). The number of anilines is 1. The number of aromatic amines is 1. The maximum absolute atomic E-state index is 12.5. The molecule has 4 heterocycles. The largest absolute Gasteiger partial charge is 0.495 e. The van der Waals surface area contributed by atoms with Crippen molar-refractivity contribution in [3.63, 3.8) is 0 Å². The lowest BCUT2D eigenvalue weighted by Gasteiger charge is -2.30. The van der Waals surface area contributed by atoms with Crippen LogP contribution in [-0.2, 0) is 9.53 Å². The molecule has 12 nitrogen and oxygen atoms in total. The summed E-state index contributed by atoms with van der Waals surface area (Å²) in [5, 5.41) is 9.12. The number of nitrogen functional groups attached to an aromatic ring is 1. The number of nitrogens with one attached hydrogen (secondary N) is 1. The Balaban J connectivity index is 0.000000197. The molecule has 4 aromatic rings. The van der Waals surface area contributed by atoms with Gasteiger partial charge in [0, 0.05) is 26.7 Å². The average Bonchev–Trinajstić information content (AvgIpc) is 3.68. The van der Waals surface area contributed by atoms with Gasteiger partial charge in [0.1, 0.15) is 29.5 Å². The highest BCUT2D eigenvalue weighted by atomic mass is 32.1. The van der Waals surface area contributed by atoms with Crippen molar-refractivity contribution in [1.82, 2.24) is 34.9 Å². The summed E-state index contributed by atoms with van der Waals surface area (Å²) in [6, 6.07) is 5.89. The van der Waals surface area contributed by atoms with E-state index in [0.29, 0.717) is 31.0 Å². The van der Waals surface area contributed by atoms with Crippen LogP contribution in [0.2, 0.25) is 0 Å². The molecule has 0 spiro atoms. The summed E-state index contributed by atoms with van der Waals surface area (Å²) in [6.07, 6.45) is 2.58. The van der Waals surface area contributed by atoms with Gasteiger partial charge in [0.25, 0.3) is 0 Å². The third-order valence-corrected chi connectivity index (χ3v) is 8.18. The van der Waals surface area contributed by atoms with Gasteiger partial charge in [0.05, 0.1) is 27.8 Å². The van der Waals surface area contributed by atoms with E-state index in [1.54, 1.807) is 35.3 Å². The second-order valence-corrected chi connectivity index (χ2v) is 13.0. The van der Waals surface area contributed by atoms with E-state index in [4.69, 9.17) is 15.2 Å². The lowest BCUT2D eigenvalue weighted by molar-refractivity contribution is -0.134. The van der Waals surface area contributed by atoms with Crippen LogP contribution in [0.15, 0.2) is 24.5 Å². The minimum atomic E-state index is -0.538. The topological polar surface area (TPSA) is 143 Å². The van der Waals surface area contributed by atoms with Crippen LogP contribution >= 0.6 is 11.3 Å². The zero-order chi connectivity index (χ0) is 31.5. The van der Waals surface area contributed by atoms with E-state index in [1.807, 2.05) is 45.8 Å². The number of carbonyl (C=O) groups excluding carboxylic acids is 2. The molecule has 1 aliphatic heterocycles. The monoisotopic (exact) mass is 610 g/mol. The van der Waals surface area contributed by atoms with E-state index in [1.165, 1.54) is 6.33 Å². The van der Waals surface area contributed by atoms with Crippen LogP contribution in [0.1, 0.15) is 39.2 Å². The van der Waals surface area contributed by atoms with Gasteiger partial charge in [-0.15, -0.1) is 11.3 Å². The van der Waals surface area contributed by atoms with Gasteiger partial charge in [-0.25, -0.2) is 14.8 Å². The highest BCUT2D eigenvalue weighted by molar-refractivity contribution is 7.22. The smallest absolute Gasteiger partial charge is 0.410 e. The summed E-state index contributed by atoms with van der Waals surface area (Å²) in [7, 11) is 7.42. The number of aromatic nitrogens is 4. The Morgan fingerprint density at radius 3 is 2.58 bits per heavy atom. The van der Waals surface area contributed by atoms with Gasteiger partial charge in [0.2, 0.25) is 5.91 Å². The molecule has 43 heavy (non-hydrogen) atoms. The number of rotatable bonds is 6. The minimum absolute atomic E-state index is 0.000194. The number of benzene rings is 1. The predicted molar refractivity (Wildman–Crippen MR) is 170 cm³/mol. The highest BCUT2D eigenvalue weighted by Crippen LogP contribution is 2.41. The van der Waals surface area contributed by atoms with E-state index in [9.17, 15) is 9.59 Å². The van der Waals surface area contributed by atoms with Crippen molar-refractivity contribution in [3.8, 4) is 16.3 Å². The molecule has 1 unspecified atom stereocenters. The van der Waals surface area contributed by atoms with Crippen LogP contribution in [0.4, 0.5) is 10.6 Å². The fourth-order valence-electron chi connectivity index (χ4n) is 4.87. The molecule has 1 fully saturated rings. The number of H-pyrrole nitrogens is 1. The number of hydrogen-bond acceptors (Lipinski definition) is 10. The second-order valence-electron chi connectivity index (χ2n) is 11.9. The zero-order valence-corrected chi connectivity index (χ0v) is 27.0. The number of carbonyl (C=O) groups is 2. The Morgan fingerprint density at radius 2 is 1.91 bits per heavy atom. The molecule has 232 valence electrons. The van der Waals surface area contributed by atoms with E-state index < -0.39 is 5.60 Å². The normalized spacial score (nSPS) is 15.1. The van der Waals surface area contributed by atoms with Gasteiger partial charge in [-0.3, -0.25) is 14.8 Å². The van der Waals surface area contributed by atoms with Crippen molar-refractivity contribution < 1.29 is 19.1 Å². The lowest BCUT2D eigenvalue weighted by atomic mass is 10.1. The van der Waals surface area contributed by atoms with Crippen molar-refractivity contribution in [2.24, 2.45) is 0 Å². The molecule has 3 N–H and O–H groups in total. The number of ether oxygens (including phenoxy) is 2. The van der Waals surface area contributed by atoms with Crippen molar-refractivity contribution in [1.29, 1.82) is 0 Å². The summed E-state index contributed by atoms with van der Waals surface area (Å²) in [6.45, 7) is 9.61. The van der Waals surface area contributed by atoms with Gasteiger partial charge in [0.15, 0.2) is 5.65 Å². The number of aryl methyl sites for hydroxylation is 1. The van der Waals surface area contributed by atoms with Crippen LogP contribution in [0, 0.1) is 6.92 Å². The summed E-state index contributed by atoms with van der Waals surface area (Å²) < 4.78 is 12.0. The Bertz CT molecular complexity index is 1590. The molecule has 2 amide bonds. The fraction of sp³-hybridized carbons (Fsp3) is 0.500.